The molecule has 1 saturated heterocycles. The molecule has 6 nitrogen and oxygen atoms in total. The molecule has 3 rings (SSSR count). The molecule has 1 aliphatic heterocycles. The van der Waals surface area contributed by atoms with Crippen LogP contribution in [0.2, 0.25) is 5.04 Å². The van der Waals surface area contributed by atoms with Crippen LogP contribution in [0.5, 0.6) is 0 Å². The minimum atomic E-state index is -2.82. The Morgan fingerprint density at radius 1 is 1.00 bits per heavy atom. The Kier molecular flexibility index (Phi) is 6.33. The van der Waals surface area contributed by atoms with E-state index in [9.17, 15) is 14.7 Å². The second-order valence-corrected chi connectivity index (χ2v) is 12.9. The normalized spacial score (nSPS) is 19.5. The minimum Gasteiger partial charge on any atom is -0.480 e. The number of rotatable bonds is 5. The molecule has 0 spiro atoms. The fourth-order valence-electron chi connectivity index (χ4n) is 4.38. The predicted molar refractivity (Wildman–Crippen MR) is 118 cm³/mol. The number of ether oxygens (including phenoxy) is 1. The first kappa shape index (κ1) is 22.1. The van der Waals surface area contributed by atoms with Crippen molar-refractivity contribution in [1.29, 1.82) is 0 Å². The van der Waals surface area contributed by atoms with Gasteiger partial charge >= 0.3 is 12.1 Å². The molecule has 7 heteroatoms. The highest BCUT2D eigenvalue weighted by atomic mass is 28.4. The highest BCUT2D eigenvalue weighted by Crippen LogP contribution is 2.39. The number of likely N-dealkylation sites (tertiary alicyclic amines) is 1. The Hall–Kier alpha value is -2.64. The summed E-state index contributed by atoms with van der Waals surface area (Å²) >= 11 is 0. The van der Waals surface area contributed by atoms with Gasteiger partial charge in [-0.15, -0.1) is 0 Å². The second-order valence-electron chi connectivity index (χ2n) is 8.62. The monoisotopic (exact) mass is 427 g/mol. The average molecular weight is 428 g/mol. The zero-order valence-corrected chi connectivity index (χ0v) is 18.9. The number of benzene rings is 2. The summed E-state index contributed by atoms with van der Waals surface area (Å²) in [6.07, 6.45) is -0.818. The van der Waals surface area contributed by atoms with Gasteiger partial charge in [-0.2, -0.15) is 0 Å². The van der Waals surface area contributed by atoms with E-state index < -0.39 is 32.5 Å². The molecule has 1 aliphatic rings. The van der Waals surface area contributed by atoms with E-state index in [2.05, 4.69) is 45.0 Å². The van der Waals surface area contributed by atoms with Crippen molar-refractivity contribution in [2.24, 2.45) is 0 Å². The van der Waals surface area contributed by atoms with Crippen molar-refractivity contribution in [3.05, 3.63) is 60.7 Å². The highest BCUT2D eigenvalue weighted by Gasteiger charge is 2.53. The lowest BCUT2D eigenvalue weighted by Crippen LogP contribution is -2.67. The number of carboxylic acids is 1. The average Bonchev–Trinajstić information content (AvgIpc) is 3.16. The van der Waals surface area contributed by atoms with Gasteiger partial charge < -0.3 is 14.3 Å². The maximum absolute atomic E-state index is 12.2. The third kappa shape index (κ3) is 4.00. The van der Waals surface area contributed by atoms with Crippen LogP contribution in [0.25, 0.3) is 0 Å². The molecule has 2 aromatic carbocycles. The number of carboxylic acid groups (broad SMARTS) is 1. The van der Waals surface area contributed by atoms with Gasteiger partial charge in [0.25, 0.3) is 8.32 Å². The van der Waals surface area contributed by atoms with E-state index in [-0.39, 0.29) is 18.0 Å². The van der Waals surface area contributed by atoms with Crippen LogP contribution in [0.15, 0.2) is 60.7 Å². The topological polar surface area (TPSA) is 76.1 Å². The van der Waals surface area contributed by atoms with Crippen LogP contribution in [0.1, 0.15) is 27.2 Å². The largest absolute Gasteiger partial charge is 0.480 e. The molecule has 0 aliphatic carbocycles. The molecule has 0 radical (unpaired) electrons. The molecule has 2 aromatic rings. The SMILES string of the molecule is COC(=O)N1C[C@@H](O[Si](c2ccccc2)(c2ccccc2)C(C)(C)C)C[C@@H]1C(=O)O. The summed E-state index contributed by atoms with van der Waals surface area (Å²) in [5, 5.41) is 11.7. The van der Waals surface area contributed by atoms with E-state index >= 15 is 0 Å². The van der Waals surface area contributed by atoms with Crippen LogP contribution in [-0.2, 0) is 14.0 Å². The van der Waals surface area contributed by atoms with Crippen molar-refractivity contribution in [2.75, 3.05) is 13.7 Å². The van der Waals surface area contributed by atoms with Gasteiger partial charge in [0, 0.05) is 13.0 Å². The predicted octanol–water partition coefficient (Wildman–Crippen LogP) is 2.86. The molecule has 1 N–H and O–H groups in total. The highest BCUT2D eigenvalue weighted by molar-refractivity contribution is 6.99. The van der Waals surface area contributed by atoms with E-state index in [0.717, 1.165) is 10.4 Å². The molecule has 0 aromatic heterocycles. The lowest BCUT2D eigenvalue weighted by atomic mass is 10.2. The van der Waals surface area contributed by atoms with Crippen LogP contribution in [0, 0.1) is 0 Å². The van der Waals surface area contributed by atoms with Crippen molar-refractivity contribution in [3.8, 4) is 0 Å². The van der Waals surface area contributed by atoms with Crippen LogP contribution in [0.4, 0.5) is 4.79 Å². The number of amides is 1. The van der Waals surface area contributed by atoms with Crippen LogP contribution < -0.4 is 10.4 Å². The van der Waals surface area contributed by atoms with Gasteiger partial charge in [-0.25, -0.2) is 9.59 Å². The minimum absolute atomic E-state index is 0.189. The third-order valence-corrected chi connectivity index (χ3v) is 10.8. The van der Waals surface area contributed by atoms with Gasteiger partial charge in [0.15, 0.2) is 0 Å². The van der Waals surface area contributed by atoms with Crippen molar-refractivity contribution in [2.45, 2.75) is 44.4 Å². The smallest absolute Gasteiger partial charge is 0.410 e. The van der Waals surface area contributed by atoms with Gasteiger partial charge in [0.1, 0.15) is 6.04 Å². The number of carbonyl (C=O) groups excluding carboxylic acids is 1. The van der Waals surface area contributed by atoms with Gasteiger partial charge in [-0.1, -0.05) is 81.4 Å². The van der Waals surface area contributed by atoms with E-state index in [1.807, 2.05) is 36.4 Å². The first-order valence-electron chi connectivity index (χ1n) is 10.1. The zero-order valence-electron chi connectivity index (χ0n) is 17.9. The first-order chi connectivity index (χ1) is 14.2. The second kappa shape index (κ2) is 8.61. The third-order valence-electron chi connectivity index (χ3n) is 5.72. The summed E-state index contributed by atoms with van der Waals surface area (Å²) < 4.78 is 11.8. The number of hydrogen-bond donors (Lipinski definition) is 1. The number of nitrogens with zero attached hydrogens (tertiary/aromatic N) is 1. The van der Waals surface area contributed by atoms with Crippen molar-refractivity contribution < 1.29 is 23.9 Å². The zero-order chi connectivity index (χ0) is 21.9. The summed E-state index contributed by atoms with van der Waals surface area (Å²) in [5.74, 6) is -1.05. The maximum atomic E-state index is 12.2. The lowest BCUT2D eigenvalue weighted by Gasteiger charge is -2.44. The molecule has 30 heavy (non-hydrogen) atoms. The summed E-state index contributed by atoms with van der Waals surface area (Å²) in [6.45, 7) is 6.69. The number of aliphatic carboxylic acids is 1. The van der Waals surface area contributed by atoms with Gasteiger partial charge in [0.05, 0.1) is 13.2 Å². The summed E-state index contributed by atoms with van der Waals surface area (Å²) in [6, 6.07) is 19.4. The Morgan fingerprint density at radius 3 is 1.90 bits per heavy atom. The van der Waals surface area contributed by atoms with E-state index in [1.165, 1.54) is 12.0 Å². The summed E-state index contributed by atoms with van der Waals surface area (Å²) in [5.41, 5.74) is 0. The summed E-state index contributed by atoms with van der Waals surface area (Å²) in [4.78, 5) is 25.2. The molecule has 2 atom stereocenters. The van der Waals surface area contributed by atoms with Gasteiger partial charge in [-0.3, -0.25) is 4.90 Å². The molecule has 1 fully saturated rings. The number of carbonyl (C=O) groups is 2. The van der Waals surface area contributed by atoms with Gasteiger partial charge in [0.2, 0.25) is 0 Å². The Bertz CT molecular complexity index is 842. The van der Waals surface area contributed by atoms with Gasteiger partial charge in [-0.05, 0) is 15.4 Å². The van der Waals surface area contributed by atoms with Crippen molar-refractivity contribution in [3.63, 3.8) is 0 Å². The molecule has 160 valence electrons. The quantitative estimate of drug-likeness (QED) is 0.743. The van der Waals surface area contributed by atoms with Crippen molar-refractivity contribution in [1.82, 2.24) is 4.90 Å². The molecule has 1 amide bonds. The molecule has 0 unspecified atom stereocenters. The first-order valence-corrected chi connectivity index (χ1v) is 12.0. The molecular formula is C23H29NO5Si. The number of hydrogen-bond acceptors (Lipinski definition) is 4. The molecule has 0 bridgehead atoms. The number of methoxy groups -OCH3 is 1. The fourth-order valence-corrected chi connectivity index (χ4v) is 9.06. The Morgan fingerprint density at radius 2 is 1.50 bits per heavy atom. The fraction of sp³-hybridized carbons (Fsp3) is 0.391. The molecular weight excluding hydrogens is 398 g/mol. The Labute approximate surface area is 178 Å². The van der Waals surface area contributed by atoms with E-state index in [4.69, 9.17) is 9.16 Å². The van der Waals surface area contributed by atoms with E-state index in [1.54, 1.807) is 0 Å². The van der Waals surface area contributed by atoms with Crippen LogP contribution >= 0.6 is 0 Å². The standard InChI is InChI=1S/C23H29NO5Si/c1-23(2,3)30(18-11-7-5-8-12-18,19-13-9-6-10-14-19)29-17-15-20(21(25)26)24(16-17)22(27)28-4/h5-14,17,20H,15-16H2,1-4H3,(H,25,26)/t17-,20+/m0/s1. The maximum Gasteiger partial charge on any atom is 0.410 e. The summed E-state index contributed by atoms with van der Waals surface area (Å²) in [7, 11) is -1.56. The van der Waals surface area contributed by atoms with Crippen molar-refractivity contribution >= 4 is 30.8 Å². The molecule has 1 heterocycles. The van der Waals surface area contributed by atoms with Crippen LogP contribution in [-0.4, -0.2) is 56.2 Å². The molecule has 0 saturated carbocycles. The van der Waals surface area contributed by atoms with Crippen LogP contribution in [0.3, 0.4) is 0 Å². The lowest BCUT2D eigenvalue weighted by molar-refractivity contribution is -0.141. The Balaban J connectivity index is 2.08. The van der Waals surface area contributed by atoms with E-state index in [0.29, 0.717) is 0 Å².